The van der Waals surface area contributed by atoms with Crippen molar-refractivity contribution < 1.29 is 33.0 Å². The lowest BCUT2D eigenvalue weighted by Crippen LogP contribution is -2.18. The number of nitrogens with one attached hydrogen (secondary N) is 1. The number of rotatable bonds is 8. The molecule has 1 saturated heterocycles. The maximum atomic E-state index is 11.6. The molecule has 10 nitrogen and oxygen atoms in total. The minimum atomic E-state index is -2.95. The Morgan fingerprint density at radius 1 is 1.34 bits per heavy atom. The molecule has 1 aromatic rings. The van der Waals surface area contributed by atoms with Crippen molar-refractivity contribution in [2.75, 3.05) is 24.7 Å². The van der Waals surface area contributed by atoms with Crippen molar-refractivity contribution >= 4 is 33.4 Å². The summed E-state index contributed by atoms with van der Waals surface area (Å²) in [7, 11) is -2.95. The van der Waals surface area contributed by atoms with Crippen LogP contribution in [0.2, 0.25) is 5.15 Å². The van der Waals surface area contributed by atoms with E-state index in [1.807, 2.05) is 20.8 Å². The zero-order valence-electron chi connectivity index (χ0n) is 16.7. The molecule has 3 N–H and O–H groups in total. The molecule has 1 aliphatic rings. The highest BCUT2D eigenvalue weighted by molar-refractivity contribution is 7.91. The molecule has 0 spiro atoms. The second-order valence-electron chi connectivity index (χ2n) is 6.92. The van der Waals surface area contributed by atoms with E-state index in [-0.39, 0.29) is 23.7 Å². The van der Waals surface area contributed by atoms with E-state index in [1.54, 1.807) is 4.68 Å². The lowest BCUT2D eigenvalue weighted by Gasteiger charge is -2.10. The van der Waals surface area contributed by atoms with Crippen molar-refractivity contribution in [1.82, 2.24) is 15.1 Å². The summed E-state index contributed by atoms with van der Waals surface area (Å²) >= 11 is 6.43. The number of carboxylic acid groups (broad SMARTS) is 2. The van der Waals surface area contributed by atoms with Crippen molar-refractivity contribution in [1.29, 1.82) is 0 Å². The summed E-state index contributed by atoms with van der Waals surface area (Å²) in [6.45, 7) is 8.15. The highest BCUT2D eigenvalue weighted by atomic mass is 35.5. The van der Waals surface area contributed by atoms with Gasteiger partial charge in [-0.2, -0.15) is 5.10 Å². The van der Waals surface area contributed by atoms with Crippen molar-refractivity contribution in [3.05, 3.63) is 16.4 Å². The molecular formula is C17H28ClN3O7S. The summed E-state index contributed by atoms with van der Waals surface area (Å²) in [6, 6.07) is -0.139. The quantitative estimate of drug-likeness (QED) is 0.390. The Balaban J connectivity index is 0.000000612. The van der Waals surface area contributed by atoms with Gasteiger partial charge in [0, 0.05) is 18.7 Å². The summed E-state index contributed by atoms with van der Waals surface area (Å²) in [5, 5.41) is 23.1. The first-order chi connectivity index (χ1) is 13.4. The molecule has 1 aromatic heterocycles. The standard InChI is InChI=1S/C15H26ClN3O3S.C2H2O4/c1-11(2)22-7-4-6-17-9-14-12(3)18-19(15(14)16)13-5-8-23(20,21)10-13;3-1(4)2(5)6/h11,13,17H,4-10H2,1-3H3;(H,3,4)(H,5,6). The van der Waals surface area contributed by atoms with Gasteiger partial charge in [-0.05, 0) is 40.2 Å². The fraction of sp³-hybridized carbons (Fsp3) is 0.706. The number of halogens is 1. The predicted molar refractivity (Wildman–Crippen MR) is 107 cm³/mol. The van der Waals surface area contributed by atoms with Gasteiger partial charge in [-0.15, -0.1) is 0 Å². The molecule has 0 aliphatic carbocycles. The van der Waals surface area contributed by atoms with Gasteiger partial charge in [-0.1, -0.05) is 11.6 Å². The van der Waals surface area contributed by atoms with Crippen LogP contribution in [0.15, 0.2) is 0 Å². The molecule has 29 heavy (non-hydrogen) atoms. The molecule has 0 radical (unpaired) electrons. The smallest absolute Gasteiger partial charge is 0.414 e. The maximum Gasteiger partial charge on any atom is 0.414 e. The van der Waals surface area contributed by atoms with Gasteiger partial charge in [-0.3, -0.25) is 0 Å². The van der Waals surface area contributed by atoms with Crippen molar-refractivity contribution in [2.45, 2.75) is 52.3 Å². The number of ether oxygens (including phenoxy) is 1. The molecule has 0 saturated carbocycles. The van der Waals surface area contributed by atoms with Crippen molar-refractivity contribution in [2.24, 2.45) is 0 Å². The third kappa shape index (κ3) is 8.69. The molecule has 1 unspecified atom stereocenters. The minimum Gasteiger partial charge on any atom is -0.473 e. The topological polar surface area (TPSA) is 148 Å². The average Bonchev–Trinajstić information content (AvgIpc) is 3.10. The van der Waals surface area contributed by atoms with Gasteiger partial charge in [0.1, 0.15) is 5.15 Å². The molecular weight excluding hydrogens is 426 g/mol. The average molecular weight is 454 g/mol. The minimum absolute atomic E-state index is 0.132. The van der Waals surface area contributed by atoms with E-state index < -0.39 is 21.8 Å². The van der Waals surface area contributed by atoms with Gasteiger partial charge in [0.05, 0.1) is 29.3 Å². The molecule has 2 heterocycles. The number of carbonyl (C=O) groups is 2. The van der Waals surface area contributed by atoms with Crippen LogP contribution in [0.25, 0.3) is 0 Å². The molecule has 0 amide bonds. The van der Waals surface area contributed by atoms with E-state index in [0.717, 1.165) is 30.8 Å². The molecule has 2 rings (SSSR count). The van der Waals surface area contributed by atoms with Crippen LogP contribution in [-0.2, 0) is 30.7 Å². The largest absolute Gasteiger partial charge is 0.473 e. The van der Waals surface area contributed by atoms with Crippen LogP contribution in [0, 0.1) is 6.92 Å². The number of hydrogen-bond acceptors (Lipinski definition) is 7. The van der Waals surface area contributed by atoms with Crippen LogP contribution in [-0.4, -0.2) is 71.1 Å². The van der Waals surface area contributed by atoms with E-state index in [2.05, 4.69) is 10.4 Å². The predicted octanol–water partition coefficient (Wildman–Crippen LogP) is 1.26. The number of aliphatic carboxylic acids is 2. The number of sulfone groups is 1. The van der Waals surface area contributed by atoms with Crippen LogP contribution in [0.5, 0.6) is 0 Å². The molecule has 1 atom stereocenters. The summed E-state index contributed by atoms with van der Waals surface area (Å²) < 4.78 is 30.4. The second-order valence-corrected chi connectivity index (χ2v) is 9.50. The van der Waals surface area contributed by atoms with E-state index in [1.165, 1.54) is 0 Å². The van der Waals surface area contributed by atoms with E-state index in [4.69, 9.17) is 36.1 Å². The molecule has 0 bridgehead atoms. The van der Waals surface area contributed by atoms with Gasteiger partial charge in [0.15, 0.2) is 9.84 Å². The number of hydrogen-bond donors (Lipinski definition) is 3. The zero-order valence-corrected chi connectivity index (χ0v) is 18.3. The van der Waals surface area contributed by atoms with Gasteiger partial charge < -0.3 is 20.3 Å². The monoisotopic (exact) mass is 453 g/mol. The van der Waals surface area contributed by atoms with Crippen molar-refractivity contribution in [3.8, 4) is 0 Å². The number of aryl methyl sites for hydroxylation is 1. The van der Waals surface area contributed by atoms with Gasteiger partial charge in [0.25, 0.3) is 0 Å². The summed E-state index contributed by atoms with van der Waals surface area (Å²) in [5.74, 6) is -3.30. The Morgan fingerprint density at radius 3 is 2.45 bits per heavy atom. The van der Waals surface area contributed by atoms with E-state index >= 15 is 0 Å². The summed E-state index contributed by atoms with van der Waals surface area (Å²) in [4.78, 5) is 18.2. The molecule has 0 aromatic carbocycles. The SMILES string of the molecule is Cc1nn(C2CCS(=O)(=O)C2)c(Cl)c1CNCCCOC(C)C.O=C(O)C(=O)O. The molecule has 1 aliphatic heterocycles. The van der Waals surface area contributed by atoms with Crippen LogP contribution >= 0.6 is 11.6 Å². The second kappa shape index (κ2) is 11.5. The summed E-state index contributed by atoms with van der Waals surface area (Å²) in [5.41, 5.74) is 1.80. The van der Waals surface area contributed by atoms with Gasteiger partial charge in [0.2, 0.25) is 0 Å². The maximum absolute atomic E-state index is 11.6. The Kier molecular flexibility index (Phi) is 10.0. The Bertz CT molecular complexity index is 796. The zero-order chi connectivity index (χ0) is 22.2. The van der Waals surface area contributed by atoms with E-state index in [9.17, 15) is 8.42 Å². The fourth-order valence-corrected chi connectivity index (χ4v) is 4.77. The number of nitrogens with zero attached hydrogens (tertiary/aromatic N) is 2. The summed E-state index contributed by atoms with van der Waals surface area (Å²) in [6.07, 6.45) is 1.78. The fourth-order valence-electron chi connectivity index (χ4n) is 2.69. The van der Waals surface area contributed by atoms with Crippen molar-refractivity contribution in [3.63, 3.8) is 0 Å². The molecule has 1 fully saturated rings. The first kappa shape index (κ1) is 25.3. The lowest BCUT2D eigenvalue weighted by molar-refractivity contribution is -0.159. The lowest BCUT2D eigenvalue weighted by atomic mass is 10.2. The highest BCUT2D eigenvalue weighted by Gasteiger charge is 2.31. The molecule has 166 valence electrons. The van der Waals surface area contributed by atoms with Gasteiger partial charge >= 0.3 is 11.9 Å². The normalized spacial score (nSPS) is 17.8. The Hall–Kier alpha value is -1.69. The molecule has 12 heteroatoms. The van der Waals surface area contributed by atoms with E-state index in [0.29, 0.717) is 18.1 Å². The third-order valence-electron chi connectivity index (χ3n) is 4.13. The van der Waals surface area contributed by atoms with Gasteiger partial charge in [-0.25, -0.2) is 22.7 Å². The van der Waals surface area contributed by atoms with Crippen LogP contribution in [0.1, 0.15) is 44.0 Å². The number of aromatic nitrogens is 2. The van der Waals surface area contributed by atoms with Crippen LogP contribution in [0.4, 0.5) is 0 Å². The number of carboxylic acids is 2. The highest BCUT2D eigenvalue weighted by Crippen LogP contribution is 2.29. The van der Waals surface area contributed by atoms with Crippen LogP contribution in [0.3, 0.4) is 0 Å². The Labute approximate surface area is 175 Å². The third-order valence-corrected chi connectivity index (χ3v) is 6.28. The Morgan fingerprint density at radius 2 is 1.97 bits per heavy atom. The van der Waals surface area contributed by atoms with Crippen LogP contribution < -0.4 is 5.32 Å². The first-order valence-corrected chi connectivity index (χ1v) is 11.4. The first-order valence-electron chi connectivity index (χ1n) is 9.17.